The van der Waals surface area contributed by atoms with Crippen LogP contribution in [0.15, 0.2) is 0 Å². The third-order valence-corrected chi connectivity index (χ3v) is 4.79. The lowest BCUT2D eigenvalue weighted by molar-refractivity contribution is 0.578. The number of alkyl halides is 1. The summed E-state index contributed by atoms with van der Waals surface area (Å²) in [6.45, 7) is 9.02. The summed E-state index contributed by atoms with van der Waals surface area (Å²) in [7, 11) is 2.03. The lowest BCUT2D eigenvalue weighted by Gasteiger charge is -2.03. The van der Waals surface area contributed by atoms with Crippen LogP contribution in [-0.2, 0) is 7.05 Å². The van der Waals surface area contributed by atoms with Gasteiger partial charge in [0.25, 0.3) is 0 Å². The molecule has 2 nitrogen and oxygen atoms in total. The molecule has 0 N–H and O–H groups in total. The van der Waals surface area contributed by atoms with Crippen LogP contribution in [-0.4, -0.2) is 15.1 Å². The molecule has 1 heterocycles. The molecule has 1 aliphatic carbocycles. The normalized spacial score (nSPS) is 28.1. The van der Waals surface area contributed by atoms with Crippen LogP contribution in [0.4, 0.5) is 0 Å². The van der Waals surface area contributed by atoms with Crippen molar-refractivity contribution in [2.45, 2.75) is 33.6 Å². The van der Waals surface area contributed by atoms with E-state index in [1.165, 1.54) is 17.0 Å². The Morgan fingerprint density at radius 2 is 2.00 bits per heavy atom. The van der Waals surface area contributed by atoms with Gasteiger partial charge >= 0.3 is 0 Å². The van der Waals surface area contributed by atoms with E-state index in [-0.39, 0.29) is 0 Å². The molecule has 1 aliphatic rings. The Hall–Kier alpha value is -0.310. The Morgan fingerprint density at radius 3 is 2.33 bits per heavy atom. The maximum absolute atomic E-state index is 4.51. The molecule has 0 aromatic carbocycles. The summed E-state index contributed by atoms with van der Waals surface area (Å²) in [6.07, 6.45) is 0. The molecule has 1 aromatic rings. The predicted molar refractivity (Wildman–Crippen MR) is 66.5 cm³/mol. The third kappa shape index (κ3) is 1.47. The second kappa shape index (κ2) is 3.34. The van der Waals surface area contributed by atoms with Crippen LogP contribution >= 0.6 is 15.9 Å². The average Bonchev–Trinajstić information content (AvgIpc) is 2.58. The maximum Gasteiger partial charge on any atom is 0.0631 e. The van der Waals surface area contributed by atoms with Crippen LogP contribution in [0.1, 0.15) is 36.7 Å². The minimum atomic E-state index is 0.433. The molecule has 0 bridgehead atoms. The van der Waals surface area contributed by atoms with Crippen LogP contribution in [0, 0.1) is 25.2 Å². The molecule has 0 amide bonds. The first kappa shape index (κ1) is 11.2. The van der Waals surface area contributed by atoms with Gasteiger partial charge in [-0.25, -0.2) is 0 Å². The van der Waals surface area contributed by atoms with Crippen LogP contribution in [0.3, 0.4) is 0 Å². The van der Waals surface area contributed by atoms with E-state index in [0.29, 0.717) is 11.3 Å². The van der Waals surface area contributed by atoms with E-state index in [0.717, 1.165) is 11.2 Å². The molecule has 3 heteroatoms. The summed E-state index contributed by atoms with van der Waals surface area (Å²) < 4.78 is 2.00. The van der Waals surface area contributed by atoms with Crippen molar-refractivity contribution in [2.24, 2.45) is 18.4 Å². The lowest BCUT2D eigenvalue weighted by Crippen LogP contribution is -1.95. The van der Waals surface area contributed by atoms with Crippen LogP contribution < -0.4 is 0 Å². The van der Waals surface area contributed by atoms with Crippen molar-refractivity contribution in [3.63, 3.8) is 0 Å². The molecule has 1 saturated carbocycles. The Kier molecular flexibility index (Phi) is 2.49. The van der Waals surface area contributed by atoms with Gasteiger partial charge in [0.2, 0.25) is 0 Å². The number of halogens is 1. The van der Waals surface area contributed by atoms with Gasteiger partial charge in [0.1, 0.15) is 0 Å². The highest BCUT2D eigenvalue weighted by Crippen LogP contribution is 2.65. The van der Waals surface area contributed by atoms with Gasteiger partial charge in [0.05, 0.1) is 5.69 Å². The molecule has 84 valence electrons. The Balaban J connectivity index is 2.40. The van der Waals surface area contributed by atoms with Crippen molar-refractivity contribution < 1.29 is 0 Å². The van der Waals surface area contributed by atoms with Gasteiger partial charge in [-0.05, 0) is 36.7 Å². The quantitative estimate of drug-likeness (QED) is 0.755. The average molecular weight is 271 g/mol. The Bertz CT molecular complexity index is 393. The first-order valence-electron chi connectivity index (χ1n) is 5.47. The summed E-state index contributed by atoms with van der Waals surface area (Å²) in [6, 6.07) is 0. The molecule has 0 spiro atoms. The van der Waals surface area contributed by atoms with E-state index in [9.17, 15) is 0 Å². The second-order valence-corrected chi connectivity index (χ2v) is 5.92. The number of aromatic nitrogens is 2. The molecule has 15 heavy (non-hydrogen) atoms. The van der Waals surface area contributed by atoms with Gasteiger partial charge < -0.3 is 0 Å². The third-order valence-electron chi connectivity index (χ3n) is 4.09. The van der Waals surface area contributed by atoms with E-state index < -0.39 is 0 Å². The fourth-order valence-electron chi connectivity index (χ4n) is 2.85. The van der Waals surface area contributed by atoms with Crippen molar-refractivity contribution in [1.29, 1.82) is 0 Å². The van der Waals surface area contributed by atoms with Gasteiger partial charge in [0, 0.05) is 18.1 Å². The molecule has 0 aliphatic heterocycles. The van der Waals surface area contributed by atoms with E-state index in [2.05, 4.69) is 48.7 Å². The molecule has 2 rings (SSSR count). The highest BCUT2D eigenvalue weighted by Gasteiger charge is 2.58. The Morgan fingerprint density at radius 1 is 1.40 bits per heavy atom. The molecule has 1 fully saturated rings. The number of hydrogen-bond acceptors (Lipinski definition) is 1. The maximum atomic E-state index is 4.51. The molecular weight excluding hydrogens is 252 g/mol. The van der Waals surface area contributed by atoms with Gasteiger partial charge in [-0.3, -0.25) is 4.68 Å². The molecule has 2 atom stereocenters. The summed E-state index contributed by atoms with van der Waals surface area (Å²) in [5, 5.41) is 5.60. The van der Waals surface area contributed by atoms with Crippen molar-refractivity contribution in [2.75, 3.05) is 5.33 Å². The number of hydrogen-bond donors (Lipinski definition) is 0. The number of nitrogens with zero attached hydrogens (tertiary/aromatic N) is 2. The van der Waals surface area contributed by atoms with Crippen molar-refractivity contribution in [1.82, 2.24) is 9.78 Å². The van der Waals surface area contributed by atoms with E-state index in [1.54, 1.807) is 0 Å². The molecule has 2 unspecified atom stereocenters. The van der Waals surface area contributed by atoms with Crippen LogP contribution in [0.2, 0.25) is 0 Å². The Labute approximate surface area is 100 Å². The van der Waals surface area contributed by atoms with Gasteiger partial charge in [-0.15, -0.1) is 0 Å². The van der Waals surface area contributed by atoms with Gasteiger partial charge in [0.15, 0.2) is 0 Å². The van der Waals surface area contributed by atoms with Crippen molar-refractivity contribution in [3.05, 3.63) is 17.0 Å². The number of aryl methyl sites for hydroxylation is 2. The molecule has 0 radical (unpaired) electrons. The van der Waals surface area contributed by atoms with Crippen molar-refractivity contribution in [3.8, 4) is 0 Å². The minimum Gasteiger partial charge on any atom is -0.272 e. The molecule has 0 saturated heterocycles. The largest absolute Gasteiger partial charge is 0.272 e. The summed E-state index contributed by atoms with van der Waals surface area (Å²) in [4.78, 5) is 0. The zero-order valence-electron chi connectivity index (χ0n) is 10.1. The molecular formula is C12H19BrN2. The lowest BCUT2D eigenvalue weighted by atomic mass is 10.0. The van der Waals surface area contributed by atoms with Gasteiger partial charge in [-0.2, -0.15) is 5.10 Å². The van der Waals surface area contributed by atoms with Crippen LogP contribution in [0.5, 0.6) is 0 Å². The summed E-state index contributed by atoms with van der Waals surface area (Å²) in [5.74, 6) is 1.45. The van der Waals surface area contributed by atoms with Crippen LogP contribution in [0.25, 0.3) is 0 Å². The first-order valence-corrected chi connectivity index (χ1v) is 6.59. The smallest absolute Gasteiger partial charge is 0.0631 e. The van der Waals surface area contributed by atoms with Gasteiger partial charge in [-0.1, -0.05) is 29.8 Å². The monoisotopic (exact) mass is 270 g/mol. The topological polar surface area (TPSA) is 17.8 Å². The summed E-state index contributed by atoms with van der Waals surface area (Å²) in [5.41, 5.74) is 4.44. The second-order valence-electron chi connectivity index (χ2n) is 5.27. The fourth-order valence-corrected chi connectivity index (χ4v) is 4.05. The van der Waals surface area contributed by atoms with Crippen molar-refractivity contribution >= 4 is 15.9 Å². The fraction of sp³-hybridized carbons (Fsp3) is 0.750. The highest BCUT2D eigenvalue weighted by atomic mass is 79.9. The summed E-state index contributed by atoms with van der Waals surface area (Å²) >= 11 is 3.62. The minimum absolute atomic E-state index is 0.433. The SMILES string of the molecule is Cc1nn(C)c(C)c1C1C(CBr)C1(C)C. The van der Waals surface area contributed by atoms with E-state index >= 15 is 0 Å². The number of rotatable bonds is 2. The predicted octanol–water partition coefficient (Wildman–Crippen LogP) is 3.17. The molecule has 1 aromatic heterocycles. The highest BCUT2D eigenvalue weighted by molar-refractivity contribution is 9.09. The standard InChI is InChI=1S/C12H19BrN2/c1-7-10(8(2)15(5)14-7)11-9(6-13)12(11,3)4/h9,11H,6H2,1-5H3. The zero-order chi connectivity index (χ0) is 11.4. The van der Waals surface area contributed by atoms with E-state index in [4.69, 9.17) is 0 Å². The zero-order valence-corrected chi connectivity index (χ0v) is 11.7. The van der Waals surface area contributed by atoms with E-state index in [1.807, 2.05) is 11.7 Å². The first-order chi connectivity index (χ1) is 6.91.